The summed E-state index contributed by atoms with van der Waals surface area (Å²) in [5, 5.41) is 9.42. The van der Waals surface area contributed by atoms with Gasteiger partial charge in [-0.1, -0.05) is 0 Å². The van der Waals surface area contributed by atoms with Gasteiger partial charge in [0.05, 0.1) is 12.9 Å². The second-order valence-electron chi connectivity index (χ2n) is 4.94. The third kappa shape index (κ3) is 2.06. The summed E-state index contributed by atoms with van der Waals surface area (Å²) in [6.07, 6.45) is 0.125. The van der Waals surface area contributed by atoms with Crippen molar-refractivity contribution in [1.82, 2.24) is 19.5 Å². The van der Waals surface area contributed by atoms with E-state index in [1.165, 1.54) is 12.7 Å². The van der Waals surface area contributed by atoms with E-state index in [2.05, 4.69) is 15.0 Å². The summed E-state index contributed by atoms with van der Waals surface area (Å²) in [4.78, 5) is 22.0. The highest BCUT2D eigenvalue weighted by molar-refractivity contribution is 8.07. The number of nitrogens with two attached hydrogens (primary N) is 1. The molecule has 5 atom stereocenters. The van der Waals surface area contributed by atoms with Crippen molar-refractivity contribution in [2.75, 3.05) is 12.3 Å². The second-order valence-corrected chi connectivity index (χ2v) is 7.68. The Morgan fingerprint density at radius 3 is 2.86 bits per heavy atom. The quantitative estimate of drug-likeness (QED) is 0.599. The first kappa shape index (κ1) is 14.4. The van der Waals surface area contributed by atoms with Crippen molar-refractivity contribution in [2.45, 2.75) is 24.5 Å². The zero-order valence-electron chi connectivity index (χ0n) is 11.0. The number of hydrogen-bond donors (Lipinski definition) is 3. The molecule has 2 aromatic heterocycles. The monoisotopic (exact) mass is 345 g/mol. The highest BCUT2D eigenvalue weighted by Crippen LogP contribution is 2.58. The van der Waals surface area contributed by atoms with Crippen molar-refractivity contribution in [1.29, 1.82) is 0 Å². The highest BCUT2D eigenvalue weighted by Gasteiger charge is 2.55. The van der Waals surface area contributed by atoms with E-state index in [1.54, 1.807) is 4.57 Å². The third-order valence-electron chi connectivity index (χ3n) is 3.64. The fraction of sp³-hybridized carbons (Fsp3) is 0.500. The minimum Gasteiger partial charge on any atom is -0.394 e. The average molecular weight is 345 g/mol. The zero-order valence-corrected chi connectivity index (χ0v) is 12.7. The molecule has 0 aliphatic carbocycles. The largest absolute Gasteiger partial charge is 0.394 e. The lowest BCUT2D eigenvalue weighted by Crippen LogP contribution is -2.30. The van der Waals surface area contributed by atoms with Gasteiger partial charge in [0.15, 0.2) is 17.7 Å². The second kappa shape index (κ2) is 4.90. The summed E-state index contributed by atoms with van der Waals surface area (Å²) in [6.45, 7) is -3.62. The molecule has 118 valence electrons. The van der Waals surface area contributed by atoms with Crippen LogP contribution in [0.2, 0.25) is 0 Å². The zero-order chi connectivity index (χ0) is 15.5. The predicted octanol–water partition coefficient (Wildman–Crippen LogP) is -0.701. The molecular weight excluding hydrogens is 333 g/mol. The molecule has 0 aromatic carbocycles. The van der Waals surface area contributed by atoms with Gasteiger partial charge < -0.3 is 20.5 Å². The van der Waals surface area contributed by atoms with Crippen LogP contribution in [0.4, 0.5) is 5.82 Å². The lowest BCUT2D eigenvalue weighted by molar-refractivity contribution is -0.0560. The van der Waals surface area contributed by atoms with Gasteiger partial charge in [0.1, 0.15) is 30.2 Å². The van der Waals surface area contributed by atoms with Gasteiger partial charge >= 0.3 is 6.72 Å². The molecule has 22 heavy (non-hydrogen) atoms. The Morgan fingerprint density at radius 1 is 1.32 bits per heavy atom. The molecule has 1 unspecified atom stereocenters. The summed E-state index contributed by atoms with van der Waals surface area (Å²) in [5.41, 5.74) is 6.64. The number of hydrogen-bond acceptors (Lipinski definition) is 9. The molecule has 0 saturated carbocycles. The Balaban J connectivity index is 1.78. The van der Waals surface area contributed by atoms with Crippen LogP contribution >= 0.6 is 6.72 Å². The average Bonchev–Trinajstić information content (AvgIpc) is 3.10. The first-order chi connectivity index (χ1) is 10.5. The van der Waals surface area contributed by atoms with Crippen LogP contribution in [0.3, 0.4) is 0 Å². The lowest BCUT2D eigenvalue weighted by atomic mass is 10.1. The number of nitrogens with zero attached hydrogens (tertiary/aromatic N) is 4. The standard InChI is InChI=1S/C10H12N5O5PS/c11-8-5-9(13-2-12-8)15(3-14-5)10-7-6(4(1-16)18-10)19-21(17,22)20-7/h2-4,6-7,10,16H,1H2,(H,17,22)(H2,11,12,13)/t4-,6-,7-,10-,21?/m1/s1. The van der Waals surface area contributed by atoms with Crippen molar-refractivity contribution in [2.24, 2.45) is 0 Å². The fourth-order valence-corrected chi connectivity index (χ4v) is 4.45. The van der Waals surface area contributed by atoms with Crippen molar-refractivity contribution in [3.8, 4) is 0 Å². The summed E-state index contributed by atoms with van der Waals surface area (Å²) in [5.74, 6) is 0.243. The van der Waals surface area contributed by atoms with Crippen LogP contribution in [-0.4, -0.2) is 54.4 Å². The number of aliphatic hydroxyl groups excluding tert-OH is 1. The van der Waals surface area contributed by atoms with Gasteiger partial charge in [-0.3, -0.25) is 13.6 Å². The van der Waals surface area contributed by atoms with Crippen molar-refractivity contribution >= 4 is 35.5 Å². The molecule has 12 heteroatoms. The van der Waals surface area contributed by atoms with Crippen molar-refractivity contribution in [3.63, 3.8) is 0 Å². The van der Waals surface area contributed by atoms with Crippen LogP contribution in [0.25, 0.3) is 11.2 Å². The Hall–Kier alpha value is -1.20. The number of nitrogen functional groups attached to an aromatic ring is 1. The van der Waals surface area contributed by atoms with E-state index in [-0.39, 0.29) is 12.4 Å². The van der Waals surface area contributed by atoms with Crippen molar-refractivity contribution in [3.05, 3.63) is 12.7 Å². The predicted molar refractivity (Wildman–Crippen MR) is 77.0 cm³/mol. The first-order valence-corrected chi connectivity index (χ1v) is 8.98. The van der Waals surface area contributed by atoms with Crippen LogP contribution in [0, 0.1) is 0 Å². The molecule has 2 aliphatic heterocycles. The first-order valence-electron chi connectivity index (χ1n) is 6.39. The Kier molecular flexibility index (Phi) is 3.20. The normalized spacial score (nSPS) is 37.7. The van der Waals surface area contributed by atoms with Crippen LogP contribution in [0.5, 0.6) is 0 Å². The third-order valence-corrected chi connectivity index (χ3v) is 5.17. The van der Waals surface area contributed by atoms with Gasteiger partial charge in [-0.2, -0.15) is 0 Å². The molecule has 0 amide bonds. The van der Waals surface area contributed by atoms with Crippen LogP contribution in [0.15, 0.2) is 12.7 Å². The molecule has 2 aliphatic rings. The van der Waals surface area contributed by atoms with Gasteiger partial charge in [0, 0.05) is 0 Å². The lowest BCUT2D eigenvalue weighted by Gasteiger charge is -2.19. The van der Waals surface area contributed by atoms with Crippen LogP contribution in [0.1, 0.15) is 6.23 Å². The summed E-state index contributed by atoms with van der Waals surface area (Å²) in [7, 11) is 0. The van der Waals surface area contributed by atoms with Crippen LogP contribution in [-0.2, 0) is 25.6 Å². The van der Waals surface area contributed by atoms with E-state index < -0.39 is 31.3 Å². The minimum absolute atomic E-state index is 0.243. The van der Waals surface area contributed by atoms with Gasteiger partial charge in [-0.05, 0) is 11.8 Å². The van der Waals surface area contributed by atoms with E-state index in [4.69, 9.17) is 31.3 Å². The van der Waals surface area contributed by atoms with Crippen molar-refractivity contribution < 1.29 is 23.8 Å². The molecule has 2 aromatic rings. The summed E-state index contributed by atoms with van der Waals surface area (Å²) in [6, 6.07) is 0. The molecule has 0 bridgehead atoms. The van der Waals surface area contributed by atoms with Gasteiger partial charge in [0.2, 0.25) is 0 Å². The fourth-order valence-electron chi connectivity index (χ4n) is 2.71. The maximum atomic E-state index is 9.86. The van der Waals surface area contributed by atoms with E-state index in [9.17, 15) is 10.00 Å². The summed E-state index contributed by atoms with van der Waals surface area (Å²) < 4.78 is 18.1. The number of anilines is 1. The number of rotatable bonds is 2. The van der Waals surface area contributed by atoms with E-state index in [1.807, 2.05) is 0 Å². The SMILES string of the molecule is Nc1ncnc2c1ncn2[C@@H]1O[C@H](CO)[C@H]2OP(O)(=S)O[C@H]21. The maximum absolute atomic E-state index is 9.86. The van der Waals surface area contributed by atoms with E-state index in [0.29, 0.717) is 11.2 Å². The Labute approximate surface area is 129 Å². The summed E-state index contributed by atoms with van der Waals surface area (Å²) >= 11 is 4.88. The van der Waals surface area contributed by atoms with Crippen LogP contribution < -0.4 is 5.73 Å². The number of imidazole rings is 1. The number of aliphatic hydroxyl groups is 1. The minimum atomic E-state index is -3.33. The van der Waals surface area contributed by atoms with Gasteiger partial charge in [-0.25, -0.2) is 15.0 Å². The Bertz CT molecular complexity index is 786. The number of ether oxygens (including phenoxy) is 1. The molecule has 2 saturated heterocycles. The molecular formula is C10H12N5O5PS. The van der Waals surface area contributed by atoms with Gasteiger partial charge in [0.25, 0.3) is 0 Å². The molecule has 0 spiro atoms. The molecule has 10 nitrogen and oxygen atoms in total. The van der Waals surface area contributed by atoms with Gasteiger partial charge in [-0.15, -0.1) is 0 Å². The molecule has 4 N–H and O–H groups in total. The molecule has 2 fully saturated rings. The topological polar surface area (TPSA) is 138 Å². The molecule has 0 radical (unpaired) electrons. The Morgan fingerprint density at radius 2 is 2.09 bits per heavy atom. The van der Waals surface area contributed by atoms with E-state index >= 15 is 0 Å². The molecule has 4 rings (SSSR count). The molecule has 4 heterocycles. The maximum Gasteiger partial charge on any atom is 0.325 e. The highest BCUT2D eigenvalue weighted by atomic mass is 32.5. The number of aromatic nitrogens is 4. The smallest absolute Gasteiger partial charge is 0.325 e. The van der Waals surface area contributed by atoms with E-state index in [0.717, 1.165) is 0 Å². The number of fused-ring (bicyclic) bond motifs is 2.